The van der Waals surface area contributed by atoms with Crippen LogP contribution in [0, 0.1) is 5.82 Å². The van der Waals surface area contributed by atoms with E-state index >= 15 is 0 Å². The molecule has 1 aromatic rings. The minimum absolute atomic E-state index is 0.324. The van der Waals surface area contributed by atoms with Crippen molar-refractivity contribution in [1.82, 2.24) is 4.90 Å². The van der Waals surface area contributed by atoms with Gasteiger partial charge in [0.25, 0.3) is 0 Å². The van der Waals surface area contributed by atoms with Crippen molar-refractivity contribution < 1.29 is 13.9 Å². The highest BCUT2D eigenvalue weighted by Crippen LogP contribution is 2.26. The molecule has 0 radical (unpaired) electrons. The molecule has 21 heavy (non-hydrogen) atoms. The number of carbonyl (C=O) groups excluding carboxylic acids is 1. The average Bonchev–Trinajstić information content (AvgIpc) is 2.35. The van der Waals surface area contributed by atoms with Gasteiger partial charge < -0.3 is 9.64 Å². The zero-order valence-electron chi connectivity index (χ0n) is 12.5. The fourth-order valence-corrected chi connectivity index (χ4v) is 2.38. The maximum atomic E-state index is 13.4. The van der Waals surface area contributed by atoms with Crippen molar-refractivity contribution in [3.05, 3.63) is 40.7 Å². The summed E-state index contributed by atoms with van der Waals surface area (Å²) in [4.78, 5) is 13.6. The van der Waals surface area contributed by atoms with E-state index in [2.05, 4.69) is 0 Å². The van der Waals surface area contributed by atoms with E-state index in [4.69, 9.17) is 16.3 Å². The van der Waals surface area contributed by atoms with Gasteiger partial charge in [-0.05, 0) is 56.5 Å². The van der Waals surface area contributed by atoms with E-state index in [1.807, 2.05) is 26.8 Å². The van der Waals surface area contributed by atoms with Gasteiger partial charge in [0.1, 0.15) is 11.4 Å². The summed E-state index contributed by atoms with van der Waals surface area (Å²) in [7, 11) is 0. The van der Waals surface area contributed by atoms with Gasteiger partial charge in [0.2, 0.25) is 0 Å². The first-order valence-electron chi connectivity index (χ1n) is 6.88. The third-order valence-corrected chi connectivity index (χ3v) is 3.31. The van der Waals surface area contributed by atoms with E-state index in [0.29, 0.717) is 24.5 Å². The zero-order chi connectivity index (χ0) is 15.6. The second kappa shape index (κ2) is 6.06. The normalized spacial score (nSPS) is 15.7. The SMILES string of the molecule is CC(C)(C)OC(=O)N1CC=C(c2cc(F)cc(Cl)c2)CC1. The lowest BCUT2D eigenvalue weighted by molar-refractivity contribution is 0.0270. The number of rotatable bonds is 1. The number of halogens is 2. The van der Waals surface area contributed by atoms with Crippen LogP contribution in [0.2, 0.25) is 5.02 Å². The van der Waals surface area contributed by atoms with E-state index in [1.165, 1.54) is 12.1 Å². The lowest BCUT2D eigenvalue weighted by Crippen LogP contribution is -2.39. The maximum Gasteiger partial charge on any atom is 0.410 e. The zero-order valence-corrected chi connectivity index (χ0v) is 13.2. The van der Waals surface area contributed by atoms with Gasteiger partial charge in [0.15, 0.2) is 0 Å². The Kier molecular flexibility index (Phi) is 4.57. The largest absolute Gasteiger partial charge is 0.444 e. The number of benzene rings is 1. The van der Waals surface area contributed by atoms with E-state index in [0.717, 1.165) is 11.1 Å². The van der Waals surface area contributed by atoms with E-state index < -0.39 is 5.60 Å². The highest BCUT2D eigenvalue weighted by Gasteiger charge is 2.23. The second-order valence-corrected chi connectivity index (χ2v) is 6.50. The fraction of sp³-hybridized carbons (Fsp3) is 0.438. The first kappa shape index (κ1) is 15.8. The van der Waals surface area contributed by atoms with Crippen LogP contribution in [0.15, 0.2) is 24.3 Å². The molecule has 2 rings (SSSR count). The molecule has 114 valence electrons. The van der Waals surface area contributed by atoms with Crippen LogP contribution in [0.5, 0.6) is 0 Å². The third kappa shape index (κ3) is 4.46. The molecule has 0 saturated carbocycles. The quantitative estimate of drug-likeness (QED) is 0.764. The summed E-state index contributed by atoms with van der Waals surface area (Å²) in [5, 5.41) is 0.375. The Morgan fingerprint density at radius 1 is 1.33 bits per heavy atom. The van der Waals surface area contributed by atoms with Gasteiger partial charge in [0.05, 0.1) is 0 Å². The predicted octanol–water partition coefficient (Wildman–Crippen LogP) is 4.50. The molecule has 0 unspecified atom stereocenters. The number of amides is 1. The van der Waals surface area contributed by atoms with Crippen LogP contribution >= 0.6 is 11.6 Å². The molecule has 0 bridgehead atoms. The van der Waals surface area contributed by atoms with Crippen molar-refractivity contribution in [2.24, 2.45) is 0 Å². The van der Waals surface area contributed by atoms with Gasteiger partial charge >= 0.3 is 6.09 Å². The summed E-state index contributed by atoms with van der Waals surface area (Å²) < 4.78 is 18.7. The molecule has 0 aromatic heterocycles. The summed E-state index contributed by atoms with van der Waals surface area (Å²) in [6.07, 6.45) is 2.24. The van der Waals surface area contributed by atoms with Crippen LogP contribution in [-0.4, -0.2) is 29.7 Å². The molecule has 1 aliphatic heterocycles. The number of ether oxygens (including phenoxy) is 1. The fourth-order valence-electron chi connectivity index (χ4n) is 2.16. The highest BCUT2D eigenvalue weighted by atomic mass is 35.5. The molecule has 0 aliphatic carbocycles. The third-order valence-electron chi connectivity index (χ3n) is 3.09. The average molecular weight is 312 g/mol. The number of hydrogen-bond donors (Lipinski definition) is 0. The highest BCUT2D eigenvalue weighted by molar-refractivity contribution is 6.30. The van der Waals surface area contributed by atoms with Gasteiger partial charge in [-0.25, -0.2) is 9.18 Å². The standard InChI is InChI=1S/C16H19ClFNO2/c1-16(2,3)21-15(20)19-6-4-11(5-7-19)12-8-13(17)10-14(18)9-12/h4,8-10H,5-7H2,1-3H3. The van der Waals surface area contributed by atoms with Crippen LogP contribution in [0.3, 0.4) is 0 Å². The molecule has 0 fully saturated rings. The lowest BCUT2D eigenvalue weighted by Gasteiger charge is -2.29. The topological polar surface area (TPSA) is 29.5 Å². The molecule has 0 saturated heterocycles. The van der Waals surface area contributed by atoms with Crippen molar-refractivity contribution in [3.8, 4) is 0 Å². The molecule has 1 aliphatic rings. The molecule has 5 heteroatoms. The minimum Gasteiger partial charge on any atom is -0.444 e. The molecule has 1 amide bonds. The Balaban J connectivity index is 2.06. The Morgan fingerprint density at radius 3 is 2.57 bits per heavy atom. The maximum absolute atomic E-state index is 13.4. The summed E-state index contributed by atoms with van der Waals surface area (Å²) in [5.74, 6) is -0.354. The molecular weight excluding hydrogens is 293 g/mol. The summed E-state index contributed by atoms with van der Waals surface area (Å²) in [6.45, 7) is 6.52. The van der Waals surface area contributed by atoms with E-state index in [1.54, 1.807) is 11.0 Å². The number of carbonyl (C=O) groups is 1. The molecule has 0 spiro atoms. The minimum atomic E-state index is -0.503. The van der Waals surface area contributed by atoms with Gasteiger partial charge in [-0.3, -0.25) is 0 Å². The van der Waals surface area contributed by atoms with Gasteiger partial charge in [-0.1, -0.05) is 17.7 Å². The summed E-state index contributed by atoms with van der Waals surface area (Å²) in [5.41, 5.74) is 1.26. The van der Waals surface area contributed by atoms with Crippen molar-refractivity contribution in [3.63, 3.8) is 0 Å². The van der Waals surface area contributed by atoms with Crippen molar-refractivity contribution >= 4 is 23.3 Å². The Bertz CT molecular complexity index is 558. The Labute approximate surface area is 129 Å². The van der Waals surface area contributed by atoms with Crippen LogP contribution in [0.25, 0.3) is 5.57 Å². The summed E-state index contributed by atoms with van der Waals surface area (Å²) in [6, 6.07) is 4.47. The van der Waals surface area contributed by atoms with E-state index in [-0.39, 0.29) is 11.9 Å². The second-order valence-electron chi connectivity index (χ2n) is 6.06. The van der Waals surface area contributed by atoms with Crippen LogP contribution in [0.1, 0.15) is 32.8 Å². The molecule has 1 aromatic carbocycles. The van der Waals surface area contributed by atoms with Crippen LogP contribution in [0.4, 0.5) is 9.18 Å². The van der Waals surface area contributed by atoms with Crippen molar-refractivity contribution in [2.45, 2.75) is 32.8 Å². The molecule has 0 atom stereocenters. The van der Waals surface area contributed by atoms with Gasteiger partial charge in [-0.2, -0.15) is 0 Å². The Morgan fingerprint density at radius 2 is 2.05 bits per heavy atom. The number of hydrogen-bond acceptors (Lipinski definition) is 2. The first-order chi connectivity index (χ1) is 9.74. The first-order valence-corrected chi connectivity index (χ1v) is 7.26. The smallest absolute Gasteiger partial charge is 0.410 e. The molecule has 0 N–H and O–H groups in total. The summed E-state index contributed by atoms with van der Waals surface area (Å²) >= 11 is 5.87. The Hall–Kier alpha value is -1.55. The molecule has 1 heterocycles. The van der Waals surface area contributed by atoms with Crippen LogP contribution in [-0.2, 0) is 4.74 Å². The molecular formula is C16H19ClFNO2. The van der Waals surface area contributed by atoms with Gasteiger partial charge in [0, 0.05) is 18.1 Å². The molecule has 3 nitrogen and oxygen atoms in total. The van der Waals surface area contributed by atoms with Gasteiger partial charge in [-0.15, -0.1) is 0 Å². The lowest BCUT2D eigenvalue weighted by atomic mass is 9.99. The predicted molar refractivity (Wildman–Crippen MR) is 81.8 cm³/mol. The number of nitrogens with zero attached hydrogens (tertiary/aromatic N) is 1. The monoisotopic (exact) mass is 311 g/mol. The van der Waals surface area contributed by atoms with Crippen LogP contribution < -0.4 is 0 Å². The van der Waals surface area contributed by atoms with Crippen molar-refractivity contribution in [2.75, 3.05) is 13.1 Å². The van der Waals surface area contributed by atoms with Crippen molar-refractivity contribution in [1.29, 1.82) is 0 Å². The van der Waals surface area contributed by atoms with E-state index in [9.17, 15) is 9.18 Å².